The highest BCUT2D eigenvalue weighted by Gasteiger charge is 2.25. The number of rotatable bonds is 1. The van der Waals surface area contributed by atoms with Crippen LogP contribution in [-0.4, -0.2) is 8.80 Å². The van der Waals surface area contributed by atoms with Crippen molar-refractivity contribution < 1.29 is 5.48 Å². The minimum Gasteiger partial charge on any atom is -0.308 e. The van der Waals surface area contributed by atoms with Gasteiger partial charge in [-0.3, -0.25) is 0 Å². The summed E-state index contributed by atoms with van der Waals surface area (Å²) in [6.07, 6.45) is 0. The van der Waals surface area contributed by atoms with Crippen LogP contribution in [0.3, 0.4) is 0 Å². The lowest BCUT2D eigenvalue weighted by atomic mass is 9.86. The summed E-state index contributed by atoms with van der Waals surface area (Å²) in [5.41, 5.74) is 7.86. The summed E-state index contributed by atoms with van der Waals surface area (Å²) < 4.78 is 44.2. The van der Waals surface area contributed by atoms with Gasteiger partial charge >= 0.3 is 0 Å². The molecule has 7 aromatic carbocycles. The van der Waals surface area contributed by atoms with Crippen LogP contribution in [0, 0.1) is 0 Å². The molecule has 0 aliphatic rings. The van der Waals surface area contributed by atoms with Gasteiger partial charge in [-0.2, -0.15) is 0 Å². The third kappa shape index (κ3) is 3.18. The van der Waals surface area contributed by atoms with E-state index in [1.165, 1.54) is 52.8 Å². The van der Waals surface area contributed by atoms with Gasteiger partial charge in [-0.15, -0.1) is 11.3 Å². The minimum atomic E-state index is -0.541. The molecule has 2 nitrogen and oxygen atoms in total. The molecule has 5 aromatic heterocycles. The number of nitrogens with zero attached hydrogens (tertiary/aromatic N) is 2. The molecule has 0 aliphatic heterocycles. The number of aromatic nitrogens is 2. The van der Waals surface area contributed by atoms with Crippen molar-refractivity contribution in [3.63, 3.8) is 0 Å². The van der Waals surface area contributed by atoms with Crippen LogP contribution in [0.15, 0.2) is 127 Å². The zero-order chi connectivity index (χ0) is 35.8. The molecule has 0 radical (unpaired) electrons. The predicted molar refractivity (Wildman–Crippen MR) is 213 cm³/mol. The second-order valence-corrected chi connectivity index (χ2v) is 15.7. The summed E-state index contributed by atoms with van der Waals surface area (Å²) in [5.74, 6) is 0. The average molecular weight is 647 g/mol. The number of thiophene rings is 1. The zero-order valence-corrected chi connectivity index (χ0v) is 27.9. The molecule has 0 atom stereocenters. The predicted octanol–water partition coefficient (Wildman–Crippen LogP) is 13.3. The average Bonchev–Trinajstić information content (AvgIpc) is 3.93. The van der Waals surface area contributed by atoms with E-state index in [1.54, 1.807) is 11.3 Å². The summed E-state index contributed by atoms with van der Waals surface area (Å²) in [7, 11) is 0. The van der Waals surface area contributed by atoms with Crippen molar-refractivity contribution in [2.75, 3.05) is 0 Å². The molecule has 0 bridgehead atoms. The maximum atomic E-state index is 9.32. The molecule has 0 fully saturated rings. The molecule has 49 heavy (non-hydrogen) atoms. The summed E-state index contributed by atoms with van der Waals surface area (Å²) in [6.45, 7) is 5.85. The normalized spacial score (nSPS) is 14.3. The van der Waals surface area contributed by atoms with Gasteiger partial charge in [0, 0.05) is 63.3 Å². The first-order valence-electron chi connectivity index (χ1n) is 18.9. The third-order valence-electron chi connectivity index (χ3n) is 10.9. The molecule has 0 aliphatic carbocycles. The maximum absolute atomic E-state index is 9.32. The Morgan fingerprint density at radius 3 is 1.90 bits per heavy atom. The molecular weight excluding hydrogens is 613 g/mol. The lowest BCUT2D eigenvalue weighted by molar-refractivity contribution is 0.590. The van der Waals surface area contributed by atoms with E-state index in [2.05, 4.69) is 112 Å². The number of hydrogen-bond acceptors (Lipinski definition) is 1. The van der Waals surface area contributed by atoms with E-state index in [9.17, 15) is 2.74 Å². The number of fused-ring (bicyclic) bond motifs is 16. The van der Waals surface area contributed by atoms with Crippen molar-refractivity contribution in [2.24, 2.45) is 0 Å². The van der Waals surface area contributed by atoms with E-state index in [1.807, 2.05) is 20.8 Å². The van der Waals surface area contributed by atoms with Crippen LogP contribution in [0.2, 0.25) is 0 Å². The van der Waals surface area contributed by atoms with Crippen molar-refractivity contribution in [3.05, 3.63) is 133 Å². The van der Waals surface area contributed by atoms with Crippen LogP contribution in [0.4, 0.5) is 0 Å². The Kier molecular flexibility index (Phi) is 4.05. The van der Waals surface area contributed by atoms with Gasteiger partial charge in [0.25, 0.3) is 0 Å². The molecule has 5 heterocycles. The van der Waals surface area contributed by atoms with Crippen LogP contribution >= 0.6 is 11.3 Å². The van der Waals surface area contributed by atoms with Crippen LogP contribution < -0.4 is 0 Å². The molecule has 230 valence electrons. The molecule has 12 aromatic rings. The van der Waals surface area contributed by atoms with E-state index in [4.69, 9.17) is 2.74 Å². The Hall–Kier alpha value is -5.64. The number of hydrogen-bond donors (Lipinski definition) is 0. The van der Waals surface area contributed by atoms with Gasteiger partial charge in [-0.05, 0) is 70.6 Å². The van der Waals surface area contributed by atoms with Crippen LogP contribution in [0.1, 0.15) is 31.8 Å². The molecule has 0 unspecified atom stereocenters. The fourth-order valence-corrected chi connectivity index (χ4v) is 9.86. The van der Waals surface area contributed by atoms with Gasteiger partial charge in [0.05, 0.1) is 38.6 Å². The first kappa shape index (κ1) is 22.8. The SMILES string of the molecule is [2H]c1c([2H])c(C(C)(C)C)c([2H])c([2H])c1-c1cc2c3cc4c(cc3n3c5ccc6sc7ccccc7c6c5c(c1)c23)c1cccc2c3ccccc3n4c21. The van der Waals surface area contributed by atoms with Gasteiger partial charge in [0.1, 0.15) is 0 Å². The van der Waals surface area contributed by atoms with Crippen molar-refractivity contribution in [1.82, 2.24) is 8.80 Å². The monoisotopic (exact) mass is 646 g/mol. The van der Waals surface area contributed by atoms with Crippen molar-refractivity contribution >= 4 is 108 Å². The molecule has 0 amide bonds. The Bertz CT molecular complexity index is 3570. The molecular formula is C46H30N2S. The zero-order valence-electron chi connectivity index (χ0n) is 31.1. The Morgan fingerprint density at radius 2 is 1.10 bits per heavy atom. The molecule has 0 N–H and O–H groups in total. The quantitative estimate of drug-likeness (QED) is 0.168. The number of para-hydroxylation sites is 2. The summed E-state index contributed by atoms with van der Waals surface area (Å²) in [6, 6.07) is 37.4. The lowest BCUT2D eigenvalue weighted by Crippen LogP contribution is -2.10. The highest BCUT2D eigenvalue weighted by molar-refractivity contribution is 7.26. The van der Waals surface area contributed by atoms with Crippen LogP contribution in [0.25, 0.3) is 107 Å². The van der Waals surface area contributed by atoms with E-state index < -0.39 is 5.41 Å². The van der Waals surface area contributed by atoms with Gasteiger partial charge in [0.15, 0.2) is 0 Å². The molecule has 0 saturated carbocycles. The molecule has 12 rings (SSSR count). The second kappa shape index (κ2) is 8.68. The lowest BCUT2D eigenvalue weighted by Gasteiger charge is -2.19. The fraction of sp³-hybridized carbons (Fsp3) is 0.0870. The summed E-state index contributed by atoms with van der Waals surface area (Å²) >= 11 is 1.80. The minimum absolute atomic E-state index is 0.00108. The largest absolute Gasteiger partial charge is 0.308 e. The van der Waals surface area contributed by atoms with Gasteiger partial charge in [-0.25, -0.2) is 0 Å². The van der Waals surface area contributed by atoms with E-state index in [0.717, 1.165) is 43.6 Å². The van der Waals surface area contributed by atoms with E-state index >= 15 is 0 Å². The van der Waals surface area contributed by atoms with Gasteiger partial charge in [0.2, 0.25) is 0 Å². The van der Waals surface area contributed by atoms with Crippen molar-refractivity contribution in [3.8, 4) is 11.1 Å². The van der Waals surface area contributed by atoms with Gasteiger partial charge in [-0.1, -0.05) is 99.5 Å². The number of benzene rings is 7. The fourth-order valence-electron chi connectivity index (χ4n) is 8.75. The van der Waals surface area contributed by atoms with E-state index in [-0.39, 0.29) is 24.2 Å². The van der Waals surface area contributed by atoms with Crippen LogP contribution in [-0.2, 0) is 5.41 Å². The van der Waals surface area contributed by atoms with Crippen molar-refractivity contribution in [2.45, 2.75) is 26.2 Å². The first-order chi connectivity index (χ1) is 25.6. The molecule has 0 saturated heterocycles. The van der Waals surface area contributed by atoms with Gasteiger partial charge < -0.3 is 8.80 Å². The molecule has 3 heteroatoms. The highest BCUT2D eigenvalue weighted by atomic mass is 32.1. The summed E-state index contributed by atoms with van der Waals surface area (Å²) in [5, 5.41) is 11.7. The standard InChI is InChI=1S/C46H30N2S/c1-46(2,3)27-17-15-25(16-18-27)26-21-34-33-24-38-32(30-12-8-11-29-28-9-4-6-13-36(28)47(38)44(29)30)23-39(33)48-37-19-20-41-43(42(37)35(22-26)45(34)48)31-10-5-7-14-40(31)49-41/h4-24H,1-3H3/i15D,16D,17D,18D. The first-order valence-corrected chi connectivity index (χ1v) is 17.7. The second-order valence-electron chi connectivity index (χ2n) is 14.6. The Balaban J connectivity index is 1.32. The third-order valence-corrected chi connectivity index (χ3v) is 12.0. The van der Waals surface area contributed by atoms with Crippen LogP contribution in [0.5, 0.6) is 0 Å². The van der Waals surface area contributed by atoms with E-state index in [0.29, 0.717) is 16.7 Å². The molecule has 0 spiro atoms. The topological polar surface area (TPSA) is 8.82 Å². The van der Waals surface area contributed by atoms with Crippen molar-refractivity contribution in [1.29, 1.82) is 0 Å². The Labute approximate surface area is 291 Å². The summed E-state index contributed by atoms with van der Waals surface area (Å²) in [4.78, 5) is 0. The Morgan fingerprint density at radius 1 is 0.469 bits per heavy atom. The highest BCUT2D eigenvalue weighted by Crippen LogP contribution is 2.49. The smallest absolute Gasteiger partial charge is 0.0629 e. The maximum Gasteiger partial charge on any atom is 0.0629 e.